The fourth-order valence-corrected chi connectivity index (χ4v) is 3.97. The van der Waals surface area contributed by atoms with Crippen molar-refractivity contribution >= 4 is 15.9 Å². The molecule has 1 aromatic carbocycles. The van der Waals surface area contributed by atoms with E-state index in [2.05, 4.69) is 73.2 Å². The summed E-state index contributed by atoms with van der Waals surface area (Å²) < 4.78 is 1.17. The van der Waals surface area contributed by atoms with E-state index in [4.69, 9.17) is 0 Å². The molecule has 0 unspecified atom stereocenters. The van der Waals surface area contributed by atoms with Crippen LogP contribution in [0, 0.1) is 11.3 Å². The second kappa shape index (κ2) is 7.28. The fourth-order valence-electron chi connectivity index (χ4n) is 3.56. The highest BCUT2D eigenvalue weighted by Gasteiger charge is 2.32. The van der Waals surface area contributed by atoms with E-state index in [0.717, 1.165) is 5.92 Å². The van der Waals surface area contributed by atoms with Gasteiger partial charge in [0.15, 0.2) is 0 Å². The maximum Gasteiger partial charge on any atom is 0.0294 e. The summed E-state index contributed by atoms with van der Waals surface area (Å²) in [5.74, 6) is 0.904. The van der Waals surface area contributed by atoms with Gasteiger partial charge in [0, 0.05) is 16.6 Å². The Morgan fingerprint density at radius 1 is 1.24 bits per heavy atom. The summed E-state index contributed by atoms with van der Waals surface area (Å²) in [6.45, 7) is 9.49. The fraction of sp³-hybridized carbons (Fsp3) is 0.684. The van der Waals surface area contributed by atoms with Crippen LogP contribution in [-0.4, -0.2) is 6.04 Å². The van der Waals surface area contributed by atoms with Crippen molar-refractivity contribution in [2.45, 2.75) is 71.9 Å². The van der Waals surface area contributed by atoms with E-state index in [1.165, 1.54) is 42.1 Å². The summed E-state index contributed by atoms with van der Waals surface area (Å²) >= 11 is 3.57. The average molecular weight is 352 g/mol. The van der Waals surface area contributed by atoms with Gasteiger partial charge in [-0.25, -0.2) is 0 Å². The third-order valence-corrected chi connectivity index (χ3v) is 6.07. The molecule has 0 amide bonds. The minimum Gasteiger partial charge on any atom is -0.307 e. The predicted octanol–water partition coefficient (Wildman–Crippen LogP) is 6.09. The zero-order valence-corrected chi connectivity index (χ0v) is 15.5. The molecule has 1 atom stereocenters. The van der Waals surface area contributed by atoms with Crippen LogP contribution >= 0.6 is 15.9 Å². The van der Waals surface area contributed by atoms with Crippen LogP contribution in [0.1, 0.15) is 71.4 Å². The molecule has 1 N–H and O–H groups in total. The molecule has 0 spiro atoms. The Kier molecular flexibility index (Phi) is 5.90. The minimum absolute atomic E-state index is 0.434. The summed E-state index contributed by atoms with van der Waals surface area (Å²) in [6.07, 6.45) is 6.70. The van der Waals surface area contributed by atoms with Crippen LogP contribution in [0.25, 0.3) is 0 Å². The van der Waals surface area contributed by atoms with Crippen LogP contribution in [0.2, 0.25) is 0 Å². The van der Waals surface area contributed by atoms with E-state index in [0.29, 0.717) is 17.5 Å². The van der Waals surface area contributed by atoms with Crippen molar-refractivity contribution in [2.24, 2.45) is 11.3 Å². The number of hydrogen-bond donors (Lipinski definition) is 1. The van der Waals surface area contributed by atoms with Gasteiger partial charge in [-0.05, 0) is 61.6 Å². The quantitative estimate of drug-likeness (QED) is 0.676. The molecule has 1 nitrogen and oxygen atoms in total. The molecule has 1 fully saturated rings. The van der Waals surface area contributed by atoms with Crippen molar-refractivity contribution in [3.63, 3.8) is 0 Å². The van der Waals surface area contributed by atoms with Gasteiger partial charge in [-0.2, -0.15) is 0 Å². The van der Waals surface area contributed by atoms with Gasteiger partial charge in [0.1, 0.15) is 0 Å². The minimum atomic E-state index is 0.434. The number of benzene rings is 1. The Morgan fingerprint density at radius 3 is 2.48 bits per heavy atom. The predicted molar refractivity (Wildman–Crippen MR) is 95.5 cm³/mol. The lowest BCUT2D eigenvalue weighted by molar-refractivity contribution is 0.134. The lowest BCUT2D eigenvalue weighted by atomic mass is 9.69. The van der Waals surface area contributed by atoms with Crippen LogP contribution in [0.3, 0.4) is 0 Å². The summed E-state index contributed by atoms with van der Waals surface area (Å²) in [7, 11) is 0. The molecular weight excluding hydrogens is 322 g/mol. The zero-order chi connectivity index (χ0) is 15.5. The standard InChI is InChI=1S/C19H30BrN/c1-5-19(3,4)16-9-11-18(12-10-16)21-14(2)15-7-6-8-17(20)13-15/h6-8,13-14,16,18,21H,5,9-12H2,1-4H3/t14-,16?,18?/m1/s1. The highest BCUT2D eigenvalue weighted by molar-refractivity contribution is 9.10. The van der Waals surface area contributed by atoms with E-state index >= 15 is 0 Å². The maximum absolute atomic E-state index is 3.83. The molecule has 0 heterocycles. The molecular formula is C19H30BrN. The Hall–Kier alpha value is -0.340. The lowest BCUT2D eigenvalue weighted by Gasteiger charge is -2.39. The summed E-state index contributed by atoms with van der Waals surface area (Å²) in [6, 6.07) is 9.77. The number of hydrogen-bond acceptors (Lipinski definition) is 1. The molecule has 2 heteroatoms. The normalized spacial score (nSPS) is 24.8. The largest absolute Gasteiger partial charge is 0.307 e. The molecule has 1 aliphatic carbocycles. The van der Waals surface area contributed by atoms with Crippen LogP contribution in [-0.2, 0) is 0 Å². The zero-order valence-electron chi connectivity index (χ0n) is 14.0. The smallest absolute Gasteiger partial charge is 0.0294 e. The van der Waals surface area contributed by atoms with E-state index in [1.807, 2.05) is 0 Å². The van der Waals surface area contributed by atoms with Crippen LogP contribution < -0.4 is 5.32 Å². The van der Waals surface area contributed by atoms with Gasteiger partial charge < -0.3 is 5.32 Å². The van der Waals surface area contributed by atoms with Crippen molar-refractivity contribution in [2.75, 3.05) is 0 Å². The van der Waals surface area contributed by atoms with Crippen molar-refractivity contribution in [1.82, 2.24) is 5.32 Å². The van der Waals surface area contributed by atoms with Gasteiger partial charge >= 0.3 is 0 Å². The third-order valence-electron chi connectivity index (χ3n) is 5.58. The summed E-state index contributed by atoms with van der Waals surface area (Å²) in [4.78, 5) is 0. The second-order valence-electron chi connectivity index (χ2n) is 7.33. The Balaban J connectivity index is 1.86. The Bertz CT molecular complexity index is 447. The van der Waals surface area contributed by atoms with Crippen LogP contribution in [0.4, 0.5) is 0 Å². The van der Waals surface area contributed by atoms with Gasteiger partial charge in [-0.1, -0.05) is 55.3 Å². The van der Waals surface area contributed by atoms with Gasteiger partial charge in [0.2, 0.25) is 0 Å². The van der Waals surface area contributed by atoms with E-state index in [9.17, 15) is 0 Å². The number of nitrogens with one attached hydrogen (secondary N) is 1. The molecule has 0 bridgehead atoms. The first-order chi connectivity index (χ1) is 9.92. The van der Waals surface area contributed by atoms with Crippen LogP contribution in [0.5, 0.6) is 0 Å². The topological polar surface area (TPSA) is 12.0 Å². The highest BCUT2D eigenvalue weighted by atomic mass is 79.9. The van der Waals surface area contributed by atoms with E-state index in [1.54, 1.807) is 0 Å². The first kappa shape index (κ1) is 17.0. The maximum atomic E-state index is 3.83. The Labute approximate surface area is 139 Å². The average Bonchev–Trinajstić information content (AvgIpc) is 2.48. The van der Waals surface area contributed by atoms with Crippen molar-refractivity contribution in [3.8, 4) is 0 Å². The van der Waals surface area contributed by atoms with Gasteiger partial charge in [-0.15, -0.1) is 0 Å². The number of rotatable bonds is 5. The van der Waals surface area contributed by atoms with Crippen molar-refractivity contribution in [1.29, 1.82) is 0 Å². The molecule has 1 aromatic rings. The van der Waals surface area contributed by atoms with Gasteiger partial charge in [-0.3, -0.25) is 0 Å². The summed E-state index contributed by atoms with van der Waals surface area (Å²) in [5.41, 5.74) is 1.89. The second-order valence-corrected chi connectivity index (χ2v) is 8.25. The monoisotopic (exact) mass is 351 g/mol. The third kappa shape index (κ3) is 4.56. The SMILES string of the molecule is CCC(C)(C)C1CCC(N[C@H](C)c2cccc(Br)c2)CC1. The van der Waals surface area contributed by atoms with Gasteiger partial charge in [0.25, 0.3) is 0 Å². The van der Waals surface area contributed by atoms with E-state index < -0.39 is 0 Å². The molecule has 0 aromatic heterocycles. The summed E-state index contributed by atoms with van der Waals surface area (Å²) in [5, 5.41) is 3.83. The molecule has 21 heavy (non-hydrogen) atoms. The van der Waals surface area contributed by atoms with Crippen molar-refractivity contribution in [3.05, 3.63) is 34.3 Å². The molecule has 0 aliphatic heterocycles. The molecule has 1 aliphatic rings. The van der Waals surface area contributed by atoms with Crippen molar-refractivity contribution < 1.29 is 0 Å². The molecule has 2 rings (SSSR count). The first-order valence-electron chi connectivity index (χ1n) is 8.44. The lowest BCUT2D eigenvalue weighted by Crippen LogP contribution is -2.38. The molecule has 1 saturated carbocycles. The molecule has 0 radical (unpaired) electrons. The molecule has 0 saturated heterocycles. The Morgan fingerprint density at radius 2 is 1.90 bits per heavy atom. The van der Waals surface area contributed by atoms with Crippen LogP contribution in [0.15, 0.2) is 28.7 Å². The number of halogens is 1. The van der Waals surface area contributed by atoms with E-state index in [-0.39, 0.29) is 0 Å². The van der Waals surface area contributed by atoms with Gasteiger partial charge in [0.05, 0.1) is 0 Å². The highest BCUT2D eigenvalue weighted by Crippen LogP contribution is 2.40. The first-order valence-corrected chi connectivity index (χ1v) is 9.23. The molecule has 118 valence electrons.